The van der Waals surface area contributed by atoms with Gasteiger partial charge in [-0.25, -0.2) is 9.59 Å². The first-order chi connectivity index (χ1) is 14.5. The number of anilines is 2. The van der Waals surface area contributed by atoms with Crippen LogP contribution in [0.2, 0.25) is 0 Å². The standard InChI is InChI=1S/C22H21N2O4PS/c1-27-21(25)17-12-6-8-14-19(17)23-29(30,16-10-4-3-5-11-16)24-20-15-9-7-13-18(20)22(26)28-2/h3-15H,1-2H3,(H2,23,24,30). The summed E-state index contributed by atoms with van der Waals surface area (Å²) in [6.45, 7) is 0. The highest BCUT2D eigenvalue weighted by Gasteiger charge is 2.24. The van der Waals surface area contributed by atoms with E-state index in [-0.39, 0.29) is 0 Å². The Kier molecular flexibility index (Phi) is 6.87. The molecule has 0 aliphatic carbocycles. The van der Waals surface area contributed by atoms with Crippen molar-refractivity contribution in [3.05, 3.63) is 90.0 Å². The lowest BCUT2D eigenvalue weighted by atomic mass is 10.2. The van der Waals surface area contributed by atoms with E-state index in [1.54, 1.807) is 36.4 Å². The third-order valence-corrected chi connectivity index (χ3v) is 7.66. The van der Waals surface area contributed by atoms with Gasteiger partial charge in [0.15, 0.2) is 0 Å². The molecular weight excluding hydrogens is 419 g/mol. The summed E-state index contributed by atoms with van der Waals surface area (Å²) in [6.07, 6.45) is -2.75. The lowest BCUT2D eigenvalue weighted by Gasteiger charge is -2.28. The maximum Gasteiger partial charge on any atom is 0.339 e. The van der Waals surface area contributed by atoms with E-state index in [1.807, 2.05) is 42.5 Å². The molecule has 3 rings (SSSR count). The third kappa shape index (κ3) is 4.70. The molecule has 3 aromatic rings. The Balaban J connectivity index is 2.09. The molecule has 0 atom stereocenters. The van der Waals surface area contributed by atoms with Gasteiger partial charge in [0.25, 0.3) is 0 Å². The van der Waals surface area contributed by atoms with Gasteiger partial charge in [0, 0.05) is 5.30 Å². The van der Waals surface area contributed by atoms with Crippen molar-refractivity contribution in [2.45, 2.75) is 0 Å². The zero-order chi connectivity index (χ0) is 21.6. The molecule has 8 heteroatoms. The first kappa shape index (κ1) is 21.6. The largest absolute Gasteiger partial charge is 0.465 e. The number of carbonyl (C=O) groups excluding carboxylic acids is 2. The average Bonchev–Trinajstić information content (AvgIpc) is 2.79. The predicted octanol–water partition coefficient (Wildman–Crippen LogP) is 4.42. The summed E-state index contributed by atoms with van der Waals surface area (Å²) in [7, 11) is 2.66. The monoisotopic (exact) mass is 440 g/mol. The van der Waals surface area contributed by atoms with Gasteiger partial charge in [0.2, 0.25) is 0 Å². The second-order valence-corrected chi connectivity index (χ2v) is 10.1. The Morgan fingerprint density at radius 2 is 1.10 bits per heavy atom. The second-order valence-electron chi connectivity index (χ2n) is 6.24. The lowest BCUT2D eigenvalue weighted by Crippen LogP contribution is -2.20. The van der Waals surface area contributed by atoms with E-state index in [9.17, 15) is 9.59 Å². The topological polar surface area (TPSA) is 76.7 Å². The Hall–Kier alpha value is -3.15. The van der Waals surface area contributed by atoms with Crippen LogP contribution in [0.15, 0.2) is 78.9 Å². The minimum atomic E-state index is -2.75. The molecule has 0 spiro atoms. The number of esters is 2. The molecule has 0 aliphatic heterocycles. The number of hydrogen-bond donors (Lipinski definition) is 2. The maximum atomic E-state index is 12.2. The van der Waals surface area contributed by atoms with Gasteiger partial charge in [-0.3, -0.25) is 0 Å². The summed E-state index contributed by atoms with van der Waals surface area (Å²) < 4.78 is 9.80. The summed E-state index contributed by atoms with van der Waals surface area (Å²) in [4.78, 5) is 24.5. The highest BCUT2D eigenvalue weighted by atomic mass is 32.4. The fourth-order valence-corrected chi connectivity index (χ4v) is 5.80. The minimum Gasteiger partial charge on any atom is -0.465 e. The van der Waals surface area contributed by atoms with Crippen LogP contribution in [0.5, 0.6) is 0 Å². The maximum absolute atomic E-state index is 12.2. The van der Waals surface area contributed by atoms with Crippen molar-refractivity contribution < 1.29 is 19.1 Å². The van der Waals surface area contributed by atoms with Gasteiger partial charge in [-0.15, -0.1) is 0 Å². The van der Waals surface area contributed by atoms with Crippen LogP contribution in [0, 0.1) is 0 Å². The van der Waals surface area contributed by atoms with Crippen molar-refractivity contribution in [2.75, 3.05) is 24.4 Å². The van der Waals surface area contributed by atoms with Crippen LogP contribution in [-0.2, 0) is 21.3 Å². The number of carbonyl (C=O) groups is 2. The summed E-state index contributed by atoms with van der Waals surface area (Å²) in [5.74, 6) is -0.939. The summed E-state index contributed by atoms with van der Waals surface area (Å²) >= 11 is 6.08. The van der Waals surface area contributed by atoms with Crippen molar-refractivity contribution in [3.63, 3.8) is 0 Å². The van der Waals surface area contributed by atoms with Gasteiger partial charge >= 0.3 is 11.9 Å². The van der Waals surface area contributed by atoms with Crippen LogP contribution in [0.25, 0.3) is 0 Å². The molecule has 0 heterocycles. The molecule has 30 heavy (non-hydrogen) atoms. The highest BCUT2D eigenvalue weighted by molar-refractivity contribution is 8.19. The van der Waals surface area contributed by atoms with Crippen molar-refractivity contribution in [2.24, 2.45) is 0 Å². The van der Waals surface area contributed by atoms with Crippen LogP contribution >= 0.6 is 6.34 Å². The number of ether oxygens (including phenoxy) is 2. The van der Waals surface area contributed by atoms with Gasteiger partial charge in [0.1, 0.15) is 6.34 Å². The number of rotatable bonds is 7. The van der Waals surface area contributed by atoms with Crippen molar-refractivity contribution in [1.29, 1.82) is 0 Å². The average molecular weight is 440 g/mol. The van der Waals surface area contributed by atoms with Gasteiger partial charge < -0.3 is 19.6 Å². The zero-order valence-corrected chi connectivity index (χ0v) is 18.2. The number of nitrogens with one attached hydrogen (secondary N) is 2. The van der Waals surface area contributed by atoms with Crippen LogP contribution in [-0.4, -0.2) is 26.2 Å². The smallest absolute Gasteiger partial charge is 0.339 e. The Labute approximate surface area is 180 Å². The van der Waals surface area contributed by atoms with Gasteiger partial charge in [-0.1, -0.05) is 54.6 Å². The van der Waals surface area contributed by atoms with Crippen LogP contribution in [0.4, 0.5) is 11.4 Å². The van der Waals surface area contributed by atoms with Crippen molar-refractivity contribution in [3.8, 4) is 0 Å². The van der Waals surface area contributed by atoms with Crippen molar-refractivity contribution >= 4 is 46.8 Å². The summed E-state index contributed by atoms with van der Waals surface area (Å²) in [6, 6.07) is 23.5. The Morgan fingerprint density at radius 3 is 1.53 bits per heavy atom. The number of para-hydroxylation sites is 2. The molecule has 0 amide bonds. The molecular formula is C22H21N2O4PS. The molecule has 154 valence electrons. The van der Waals surface area contributed by atoms with Crippen LogP contribution < -0.4 is 15.5 Å². The fraction of sp³-hybridized carbons (Fsp3) is 0.0909. The highest BCUT2D eigenvalue weighted by Crippen LogP contribution is 2.46. The SMILES string of the molecule is COC(=O)c1ccccc1NP(=S)(Nc1ccccc1C(=O)OC)c1ccccc1. The quantitative estimate of drug-likeness (QED) is 0.416. The summed E-state index contributed by atoms with van der Waals surface area (Å²) in [5, 5.41) is 7.53. The van der Waals surface area contributed by atoms with E-state index < -0.39 is 18.3 Å². The fourth-order valence-electron chi connectivity index (χ4n) is 2.87. The van der Waals surface area contributed by atoms with E-state index in [0.29, 0.717) is 22.5 Å². The van der Waals surface area contributed by atoms with E-state index in [1.165, 1.54) is 14.2 Å². The Morgan fingerprint density at radius 1 is 0.700 bits per heavy atom. The molecule has 3 aromatic carbocycles. The van der Waals surface area contributed by atoms with E-state index in [2.05, 4.69) is 10.2 Å². The first-order valence-corrected chi connectivity index (χ1v) is 11.9. The van der Waals surface area contributed by atoms with Crippen molar-refractivity contribution in [1.82, 2.24) is 0 Å². The molecule has 0 saturated heterocycles. The molecule has 0 fully saturated rings. The third-order valence-electron chi connectivity index (χ3n) is 4.34. The van der Waals surface area contributed by atoms with Crippen LogP contribution in [0.3, 0.4) is 0 Å². The first-order valence-electron chi connectivity index (χ1n) is 9.05. The lowest BCUT2D eigenvalue weighted by molar-refractivity contribution is 0.0593. The van der Waals surface area contributed by atoms with Gasteiger partial charge in [-0.05, 0) is 36.1 Å². The van der Waals surface area contributed by atoms with E-state index >= 15 is 0 Å². The molecule has 0 saturated carbocycles. The zero-order valence-electron chi connectivity index (χ0n) is 16.5. The molecule has 0 radical (unpaired) electrons. The normalized spacial score (nSPS) is 10.7. The molecule has 2 N–H and O–H groups in total. The Bertz CT molecular complexity index is 1040. The number of benzene rings is 3. The number of hydrogen-bond acceptors (Lipinski definition) is 5. The van der Waals surface area contributed by atoms with E-state index in [0.717, 1.165) is 5.30 Å². The minimum absolute atomic E-state index is 0.369. The van der Waals surface area contributed by atoms with Gasteiger partial charge in [-0.2, -0.15) is 0 Å². The second kappa shape index (κ2) is 9.57. The van der Waals surface area contributed by atoms with Crippen LogP contribution in [0.1, 0.15) is 20.7 Å². The predicted molar refractivity (Wildman–Crippen MR) is 123 cm³/mol. The molecule has 6 nitrogen and oxygen atoms in total. The molecule has 0 unspecified atom stereocenters. The molecule has 0 bridgehead atoms. The van der Waals surface area contributed by atoms with Gasteiger partial charge in [0.05, 0.1) is 36.7 Å². The van der Waals surface area contributed by atoms with E-state index in [4.69, 9.17) is 21.3 Å². The summed E-state index contributed by atoms with van der Waals surface area (Å²) in [5.41, 5.74) is 1.82. The molecule has 0 aromatic heterocycles. The number of methoxy groups -OCH3 is 2. The molecule has 0 aliphatic rings.